The lowest BCUT2D eigenvalue weighted by Crippen LogP contribution is -2.12. The third-order valence-electron chi connectivity index (χ3n) is 4.18. The van der Waals surface area contributed by atoms with Crippen molar-refractivity contribution in [2.75, 3.05) is 5.32 Å². The highest BCUT2D eigenvalue weighted by atomic mass is 35.5. The van der Waals surface area contributed by atoms with Crippen LogP contribution in [-0.2, 0) is 0 Å². The van der Waals surface area contributed by atoms with Gasteiger partial charge < -0.3 is 5.32 Å². The summed E-state index contributed by atoms with van der Waals surface area (Å²) in [5, 5.41) is 18.8. The van der Waals surface area contributed by atoms with Crippen LogP contribution in [0, 0.1) is 10.1 Å². The first-order chi connectivity index (χ1) is 13.9. The molecule has 0 unspecified atom stereocenters. The Labute approximate surface area is 173 Å². The molecule has 8 nitrogen and oxygen atoms in total. The number of hydrogen-bond donors (Lipinski definition) is 1. The van der Waals surface area contributed by atoms with Crippen LogP contribution < -0.4 is 5.32 Å². The van der Waals surface area contributed by atoms with Crippen LogP contribution in [0.2, 0.25) is 10.0 Å². The number of anilines is 1. The molecular weight excluding hydrogens is 417 g/mol. The lowest BCUT2D eigenvalue weighted by molar-refractivity contribution is -0.384. The van der Waals surface area contributed by atoms with E-state index in [9.17, 15) is 14.9 Å². The Kier molecular flexibility index (Phi) is 4.87. The van der Waals surface area contributed by atoms with Crippen LogP contribution in [0.1, 0.15) is 10.4 Å². The highest BCUT2D eigenvalue weighted by molar-refractivity contribution is 6.36. The fraction of sp³-hybridized carbons (Fsp3) is 0. The second kappa shape index (κ2) is 7.50. The Morgan fingerprint density at radius 3 is 2.72 bits per heavy atom. The molecule has 2 aromatic carbocycles. The van der Waals surface area contributed by atoms with Crippen LogP contribution in [0.5, 0.6) is 0 Å². The monoisotopic (exact) mass is 427 g/mol. The topological polar surface area (TPSA) is 102 Å². The van der Waals surface area contributed by atoms with E-state index in [0.717, 1.165) is 0 Å². The predicted molar refractivity (Wildman–Crippen MR) is 109 cm³/mol. The molecule has 0 radical (unpaired) electrons. The van der Waals surface area contributed by atoms with E-state index in [1.807, 2.05) is 0 Å². The summed E-state index contributed by atoms with van der Waals surface area (Å²) in [6, 6.07) is 12.5. The van der Waals surface area contributed by atoms with Gasteiger partial charge in [-0.05, 0) is 24.3 Å². The van der Waals surface area contributed by atoms with Gasteiger partial charge in [-0.1, -0.05) is 35.3 Å². The first kappa shape index (κ1) is 18.9. The summed E-state index contributed by atoms with van der Waals surface area (Å²) in [6.07, 6.45) is 2.89. The van der Waals surface area contributed by atoms with E-state index in [2.05, 4.69) is 15.4 Å². The Balaban J connectivity index is 1.73. The number of hydrogen-bond acceptors (Lipinski definition) is 5. The molecule has 0 aliphatic carbocycles. The largest absolute Gasteiger partial charge is 0.320 e. The van der Waals surface area contributed by atoms with Crippen molar-refractivity contribution >= 4 is 46.1 Å². The quantitative estimate of drug-likeness (QED) is 0.369. The van der Waals surface area contributed by atoms with E-state index in [1.165, 1.54) is 35.1 Å². The Morgan fingerprint density at radius 1 is 1.14 bits per heavy atom. The maximum Gasteiger partial charge on any atom is 0.270 e. The van der Waals surface area contributed by atoms with Crippen molar-refractivity contribution < 1.29 is 9.72 Å². The molecule has 0 aliphatic rings. The fourth-order valence-corrected chi connectivity index (χ4v) is 3.29. The molecule has 2 heterocycles. The first-order valence-corrected chi connectivity index (χ1v) is 9.03. The van der Waals surface area contributed by atoms with E-state index in [-0.39, 0.29) is 11.3 Å². The summed E-state index contributed by atoms with van der Waals surface area (Å²) in [7, 11) is 0. The van der Waals surface area contributed by atoms with Crippen molar-refractivity contribution in [2.45, 2.75) is 0 Å². The molecule has 0 saturated carbocycles. The number of fused-ring (bicyclic) bond motifs is 1. The van der Waals surface area contributed by atoms with Crippen molar-refractivity contribution in [1.29, 1.82) is 0 Å². The van der Waals surface area contributed by atoms with Crippen molar-refractivity contribution in [3.05, 3.63) is 86.6 Å². The third-order valence-corrected chi connectivity index (χ3v) is 4.73. The van der Waals surface area contributed by atoms with Crippen LogP contribution in [0.15, 0.2) is 60.9 Å². The van der Waals surface area contributed by atoms with Gasteiger partial charge in [0.15, 0.2) is 5.65 Å². The number of halogens is 2. The normalized spacial score (nSPS) is 10.8. The predicted octanol–water partition coefficient (Wildman–Crippen LogP) is 4.86. The molecular formula is C19H11Cl2N5O3. The molecule has 0 spiro atoms. The average Bonchev–Trinajstić information content (AvgIpc) is 3.14. The standard InChI is InChI=1S/C19H11Cl2N5O3/c20-12-4-5-16(15(21)9-12)24-19(27)14-10-23-25-17(6-7-22-18(14)25)11-2-1-3-13(8-11)26(28)29/h1-10H,(H,24,27). The van der Waals surface area contributed by atoms with Crippen molar-refractivity contribution in [2.24, 2.45) is 0 Å². The summed E-state index contributed by atoms with van der Waals surface area (Å²) in [5.41, 5.74) is 2.01. The minimum absolute atomic E-state index is 0.0463. The molecule has 0 fully saturated rings. The molecule has 0 saturated heterocycles. The number of nitrogens with one attached hydrogen (secondary N) is 1. The number of nitro groups is 1. The molecule has 0 aliphatic heterocycles. The third kappa shape index (κ3) is 3.63. The lowest BCUT2D eigenvalue weighted by atomic mass is 10.1. The van der Waals surface area contributed by atoms with Crippen molar-refractivity contribution in [3.63, 3.8) is 0 Å². The van der Waals surface area contributed by atoms with Gasteiger partial charge in [-0.3, -0.25) is 14.9 Å². The first-order valence-electron chi connectivity index (χ1n) is 8.28. The number of nitro benzene ring substituents is 1. The van der Waals surface area contributed by atoms with Gasteiger partial charge in [0.05, 0.1) is 27.5 Å². The molecule has 2 aromatic heterocycles. The summed E-state index contributed by atoms with van der Waals surface area (Å²) in [4.78, 5) is 27.6. The number of aromatic nitrogens is 3. The van der Waals surface area contributed by atoms with Gasteiger partial charge in [-0.15, -0.1) is 0 Å². The van der Waals surface area contributed by atoms with Gasteiger partial charge in [0.1, 0.15) is 5.56 Å². The van der Waals surface area contributed by atoms with E-state index < -0.39 is 10.8 Å². The number of carbonyl (C=O) groups is 1. The Bertz CT molecular complexity index is 1270. The van der Waals surface area contributed by atoms with Crippen LogP contribution >= 0.6 is 23.2 Å². The second-order valence-electron chi connectivity index (χ2n) is 6.01. The number of non-ortho nitro benzene ring substituents is 1. The molecule has 0 bridgehead atoms. The summed E-state index contributed by atoms with van der Waals surface area (Å²) < 4.78 is 1.46. The molecule has 4 rings (SSSR count). The minimum Gasteiger partial charge on any atom is -0.320 e. The lowest BCUT2D eigenvalue weighted by Gasteiger charge is -2.07. The molecule has 144 valence electrons. The summed E-state index contributed by atoms with van der Waals surface area (Å²) in [5.74, 6) is -0.451. The van der Waals surface area contributed by atoms with E-state index >= 15 is 0 Å². The van der Waals surface area contributed by atoms with E-state index in [4.69, 9.17) is 23.2 Å². The summed E-state index contributed by atoms with van der Waals surface area (Å²) in [6.45, 7) is 0. The van der Waals surface area contributed by atoms with Crippen LogP contribution in [-0.4, -0.2) is 25.4 Å². The van der Waals surface area contributed by atoms with Crippen molar-refractivity contribution in [1.82, 2.24) is 14.6 Å². The van der Waals surface area contributed by atoms with Gasteiger partial charge in [0.25, 0.3) is 11.6 Å². The van der Waals surface area contributed by atoms with Crippen LogP contribution in [0.4, 0.5) is 11.4 Å². The number of amides is 1. The van der Waals surface area contributed by atoms with Gasteiger partial charge in [-0.25, -0.2) is 9.50 Å². The fourth-order valence-electron chi connectivity index (χ4n) is 2.83. The zero-order valence-corrected chi connectivity index (χ0v) is 16.1. The van der Waals surface area contributed by atoms with Gasteiger partial charge >= 0.3 is 0 Å². The minimum atomic E-state index is -0.473. The second-order valence-corrected chi connectivity index (χ2v) is 6.85. The number of nitrogens with zero attached hydrogens (tertiary/aromatic N) is 4. The van der Waals surface area contributed by atoms with Crippen LogP contribution in [0.25, 0.3) is 16.9 Å². The van der Waals surface area contributed by atoms with Gasteiger partial charge in [0.2, 0.25) is 0 Å². The average molecular weight is 428 g/mol. The van der Waals surface area contributed by atoms with Gasteiger partial charge in [-0.2, -0.15) is 5.10 Å². The molecule has 29 heavy (non-hydrogen) atoms. The molecule has 0 atom stereocenters. The van der Waals surface area contributed by atoms with Crippen LogP contribution in [0.3, 0.4) is 0 Å². The number of rotatable bonds is 4. The Morgan fingerprint density at radius 2 is 1.97 bits per heavy atom. The zero-order chi connectivity index (χ0) is 20.5. The maximum atomic E-state index is 12.7. The van der Waals surface area contributed by atoms with Crippen molar-refractivity contribution in [3.8, 4) is 11.3 Å². The molecule has 10 heteroatoms. The highest BCUT2D eigenvalue weighted by Gasteiger charge is 2.18. The number of benzene rings is 2. The Hall–Kier alpha value is -3.49. The molecule has 1 N–H and O–H groups in total. The van der Waals surface area contributed by atoms with E-state index in [1.54, 1.807) is 30.3 Å². The highest BCUT2D eigenvalue weighted by Crippen LogP contribution is 2.27. The number of carbonyl (C=O) groups excluding carboxylic acids is 1. The maximum absolute atomic E-state index is 12.7. The zero-order valence-electron chi connectivity index (χ0n) is 14.5. The van der Waals surface area contributed by atoms with E-state index in [0.29, 0.717) is 32.6 Å². The summed E-state index contributed by atoms with van der Waals surface area (Å²) >= 11 is 12.0. The SMILES string of the molecule is O=C(Nc1ccc(Cl)cc1Cl)c1cnn2c(-c3cccc([N+](=O)[O-])c3)ccnc12. The molecule has 4 aromatic rings. The van der Waals surface area contributed by atoms with Gasteiger partial charge in [0, 0.05) is 28.9 Å². The molecule has 1 amide bonds. The smallest absolute Gasteiger partial charge is 0.270 e.